The second kappa shape index (κ2) is 7.08. The highest BCUT2D eigenvalue weighted by molar-refractivity contribution is 5.65. The third-order valence-corrected chi connectivity index (χ3v) is 4.40. The molecule has 24 heavy (non-hydrogen) atoms. The maximum atomic E-state index is 13.7. The van der Waals surface area contributed by atoms with Crippen molar-refractivity contribution in [2.24, 2.45) is 5.92 Å². The Hall–Kier alpha value is -2.29. The van der Waals surface area contributed by atoms with E-state index in [-0.39, 0.29) is 18.6 Å². The van der Waals surface area contributed by atoms with Crippen molar-refractivity contribution in [1.29, 1.82) is 5.26 Å². The van der Waals surface area contributed by atoms with Crippen LogP contribution in [0.4, 0.5) is 8.78 Å². The van der Waals surface area contributed by atoms with Gasteiger partial charge in [-0.1, -0.05) is 24.3 Å². The lowest BCUT2D eigenvalue weighted by Crippen LogP contribution is -2.23. The zero-order chi connectivity index (χ0) is 17.1. The number of halogens is 2. The average molecular weight is 329 g/mol. The Morgan fingerprint density at radius 2 is 1.75 bits per heavy atom. The van der Waals surface area contributed by atoms with Crippen LogP contribution in [0.3, 0.4) is 0 Å². The van der Waals surface area contributed by atoms with Crippen molar-refractivity contribution in [1.82, 2.24) is 0 Å². The van der Waals surface area contributed by atoms with Crippen LogP contribution in [0, 0.1) is 28.9 Å². The minimum atomic E-state index is -0.859. The summed E-state index contributed by atoms with van der Waals surface area (Å²) >= 11 is 0. The molecule has 3 nitrogen and oxygen atoms in total. The van der Waals surface area contributed by atoms with Crippen LogP contribution in [0.15, 0.2) is 36.4 Å². The number of nitriles is 1. The summed E-state index contributed by atoms with van der Waals surface area (Å²) in [5, 5.41) is 17.8. The van der Waals surface area contributed by atoms with Crippen molar-refractivity contribution in [2.75, 3.05) is 13.2 Å². The van der Waals surface area contributed by atoms with Gasteiger partial charge in [0.05, 0.1) is 12.7 Å². The van der Waals surface area contributed by atoms with E-state index >= 15 is 0 Å². The molecule has 124 valence electrons. The van der Waals surface area contributed by atoms with Gasteiger partial charge in [0.2, 0.25) is 0 Å². The quantitative estimate of drug-likeness (QED) is 0.927. The van der Waals surface area contributed by atoms with Crippen molar-refractivity contribution in [3.63, 3.8) is 0 Å². The number of aliphatic hydroxyl groups is 1. The van der Waals surface area contributed by atoms with Crippen LogP contribution in [0.5, 0.6) is 0 Å². The van der Waals surface area contributed by atoms with Crippen LogP contribution in [-0.4, -0.2) is 18.3 Å². The minimum absolute atomic E-state index is 0.0173. The minimum Gasteiger partial charge on any atom is -0.396 e. The van der Waals surface area contributed by atoms with Crippen molar-refractivity contribution < 1.29 is 18.6 Å². The molecule has 5 heteroatoms. The normalized spacial score (nSPS) is 20.6. The van der Waals surface area contributed by atoms with Gasteiger partial charge in [-0.15, -0.1) is 0 Å². The molecule has 2 atom stereocenters. The molecule has 1 N–H and O–H groups in total. The molecule has 3 rings (SSSR count). The smallest absolute Gasteiger partial charge is 0.144 e. The predicted octanol–water partition coefficient (Wildman–Crippen LogP) is 3.96. The van der Waals surface area contributed by atoms with E-state index in [1.807, 2.05) is 12.1 Å². The number of hydrogen-bond acceptors (Lipinski definition) is 3. The first-order valence-corrected chi connectivity index (χ1v) is 7.84. The molecule has 2 aromatic rings. The van der Waals surface area contributed by atoms with Crippen LogP contribution in [0.1, 0.15) is 30.1 Å². The van der Waals surface area contributed by atoms with Gasteiger partial charge in [0.25, 0.3) is 0 Å². The van der Waals surface area contributed by atoms with Crippen LogP contribution in [0.25, 0.3) is 11.1 Å². The summed E-state index contributed by atoms with van der Waals surface area (Å²) < 4.78 is 33.2. The number of hydrogen-bond donors (Lipinski definition) is 1. The molecule has 1 saturated heterocycles. The molecular weight excluding hydrogens is 312 g/mol. The Labute approximate surface area is 139 Å². The van der Waals surface area contributed by atoms with Gasteiger partial charge in [0.1, 0.15) is 23.3 Å². The first-order valence-electron chi connectivity index (χ1n) is 7.84. The third kappa shape index (κ3) is 3.30. The summed E-state index contributed by atoms with van der Waals surface area (Å²) in [6, 6.07) is 11.2. The second-order valence-electron chi connectivity index (χ2n) is 6.00. The van der Waals surface area contributed by atoms with Crippen molar-refractivity contribution in [3.8, 4) is 17.2 Å². The highest BCUT2D eigenvalue weighted by Gasteiger charge is 2.22. The molecule has 1 fully saturated rings. The molecule has 2 aromatic carbocycles. The lowest BCUT2D eigenvalue weighted by Gasteiger charge is -2.28. The number of aliphatic hydroxyl groups excluding tert-OH is 1. The number of ether oxygens (including phenoxy) is 1. The van der Waals surface area contributed by atoms with E-state index < -0.39 is 17.2 Å². The lowest BCUT2D eigenvalue weighted by atomic mass is 9.94. The second-order valence-corrected chi connectivity index (χ2v) is 6.00. The zero-order valence-corrected chi connectivity index (χ0v) is 13.0. The maximum Gasteiger partial charge on any atom is 0.144 e. The summed E-state index contributed by atoms with van der Waals surface area (Å²) in [6.45, 7) is 0.677. The summed E-state index contributed by atoms with van der Waals surface area (Å²) in [5.74, 6) is -1.52. The fourth-order valence-corrected chi connectivity index (χ4v) is 2.95. The summed E-state index contributed by atoms with van der Waals surface area (Å²) in [6.07, 6.45) is 1.73. The SMILES string of the molecule is N#Cc1c(F)cc(-c2ccc(C3CCC(CO)CO3)cc2)cc1F. The first-order chi connectivity index (χ1) is 11.6. The fraction of sp³-hybridized carbons (Fsp3) is 0.316. The van der Waals surface area contributed by atoms with Gasteiger partial charge in [-0.3, -0.25) is 0 Å². The van der Waals surface area contributed by atoms with Crippen LogP contribution in [-0.2, 0) is 4.74 Å². The monoisotopic (exact) mass is 329 g/mol. The molecule has 1 heterocycles. The van der Waals surface area contributed by atoms with Crippen molar-refractivity contribution in [3.05, 3.63) is 59.2 Å². The molecule has 1 aliphatic heterocycles. The Balaban J connectivity index is 1.79. The molecule has 0 aliphatic carbocycles. The average Bonchev–Trinajstić information content (AvgIpc) is 2.62. The third-order valence-electron chi connectivity index (χ3n) is 4.40. The molecule has 0 amide bonds. The van der Waals surface area contributed by atoms with E-state index in [1.54, 1.807) is 12.1 Å². The van der Waals surface area contributed by atoms with Crippen molar-refractivity contribution >= 4 is 0 Å². The van der Waals surface area contributed by atoms with Crippen LogP contribution < -0.4 is 0 Å². The number of benzene rings is 2. The van der Waals surface area contributed by atoms with Crippen molar-refractivity contribution in [2.45, 2.75) is 18.9 Å². The van der Waals surface area contributed by atoms with E-state index in [0.717, 1.165) is 18.4 Å². The highest BCUT2D eigenvalue weighted by atomic mass is 19.1. The van der Waals surface area contributed by atoms with Gasteiger partial charge in [-0.25, -0.2) is 8.78 Å². The molecule has 0 spiro atoms. The number of rotatable bonds is 3. The number of nitrogens with zero attached hydrogens (tertiary/aromatic N) is 1. The summed E-state index contributed by atoms with van der Waals surface area (Å²) in [7, 11) is 0. The largest absolute Gasteiger partial charge is 0.396 e. The molecule has 1 aliphatic rings. The molecule has 0 bridgehead atoms. The topological polar surface area (TPSA) is 53.2 Å². The van der Waals surface area contributed by atoms with Gasteiger partial charge in [-0.2, -0.15) is 5.26 Å². The molecule has 0 aromatic heterocycles. The zero-order valence-electron chi connectivity index (χ0n) is 13.0. The Morgan fingerprint density at radius 3 is 2.25 bits per heavy atom. The Morgan fingerprint density at radius 1 is 1.08 bits per heavy atom. The lowest BCUT2D eigenvalue weighted by molar-refractivity contribution is -0.0314. The summed E-state index contributed by atoms with van der Waals surface area (Å²) in [4.78, 5) is 0. The molecule has 0 radical (unpaired) electrons. The Kier molecular flexibility index (Phi) is 4.89. The van der Waals surface area contributed by atoms with Gasteiger partial charge in [0, 0.05) is 12.5 Å². The van der Waals surface area contributed by atoms with E-state index in [0.29, 0.717) is 17.7 Å². The van der Waals surface area contributed by atoms with E-state index in [4.69, 9.17) is 15.1 Å². The van der Waals surface area contributed by atoms with Crippen LogP contribution >= 0.6 is 0 Å². The standard InChI is InChI=1S/C19H17F2NO2/c20-17-7-15(8-18(21)16(17)9-22)13-2-4-14(5-3-13)19-6-1-12(10-23)11-24-19/h2-5,7-8,12,19,23H,1,6,10-11H2. The Bertz CT molecular complexity index is 737. The first kappa shape index (κ1) is 16.6. The fourth-order valence-electron chi connectivity index (χ4n) is 2.95. The van der Waals surface area contributed by atoms with Gasteiger partial charge >= 0.3 is 0 Å². The molecule has 2 unspecified atom stereocenters. The van der Waals surface area contributed by atoms with Gasteiger partial charge in [-0.05, 0) is 41.7 Å². The predicted molar refractivity (Wildman–Crippen MR) is 85.0 cm³/mol. The molecular formula is C19H17F2NO2. The van der Waals surface area contributed by atoms with Gasteiger partial charge < -0.3 is 9.84 Å². The maximum absolute atomic E-state index is 13.7. The summed E-state index contributed by atoms with van der Waals surface area (Å²) in [5.41, 5.74) is 1.50. The highest BCUT2D eigenvalue weighted by Crippen LogP contribution is 2.32. The van der Waals surface area contributed by atoms with E-state index in [9.17, 15) is 8.78 Å². The molecule has 0 saturated carbocycles. The van der Waals surface area contributed by atoms with E-state index in [2.05, 4.69) is 0 Å². The van der Waals surface area contributed by atoms with Gasteiger partial charge in [0.15, 0.2) is 0 Å². The van der Waals surface area contributed by atoms with Crippen LogP contribution in [0.2, 0.25) is 0 Å². The van der Waals surface area contributed by atoms with E-state index in [1.165, 1.54) is 18.2 Å².